The highest BCUT2D eigenvalue weighted by molar-refractivity contribution is 6.30. The van der Waals surface area contributed by atoms with Gasteiger partial charge in [0.25, 0.3) is 0 Å². The predicted octanol–water partition coefficient (Wildman–Crippen LogP) is 1.14. The van der Waals surface area contributed by atoms with Gasteiger partial charge < -0.3 is 39.7 Å². The van der Waals surface area contributed by atoms with Gasteiger partial charge >= 0.3 is 0 Å². The molecule has 1 aliphatic carbocycles. The summed E-state index contributed by atoms with van der Waals surface area (Å²) in [6.45, 7) is -0.622. The van der Waals surface area contributed by atoms with E-state index in [0.29, 0.717) is 27.6 Å². The van der Waals surface area contributed by atoms with Crippen molar-refractivity contribution in [1.82, 2.24) is 10.2 Å². The first-order valence-electron chi connectivity index (χ1n) is 12.1. The Morgan fingerprint density at radius 2 is 1.87 bits per heavy atom. The van der Waals surface area contributed by atoms with E-state index < -0.39 is 36.0 Å². The van der Waals surface area contributed by atoms with E-state index in [4.69, 9.17) is 25.8 Å². The number of aliphatic hydroxyl groups excluding tert-OH is 3. The minimum atomic E-state index is -1.22. The van der Waals surface area contributed by atoms with E-state index in [-0.39, 0.29) is 38.5 Å². The number of fused-ring (bicyclic) bond motifs is 3. The number of amides is 2. The maximum atomic E-state index is 13.3. The van der Waals surface area contributed by atoms with Crippen molar-refractivity contribution in [2.75, 3.05) is 34.0 Å². The number of carbonyl (C=O) groups excluding carboxylic acids is 2. The van der Waals surface area contributed by atoms with E-state index in [9.17, 15) is 24.9 Å². The van der Waals surface area contributed by atoms with Gasteiger partial charge in [0.15, 0.2) is 11.5 Å². The lowest BCUT2D eigenvalue weighted by Crippen LogP contribution is -2.56. The largest absolute Gasteiger partial charge is 0.493 e. The van der Waals surface area contributed by atoms with Crippen molar-refractivity contribution >= 4 is 23.4 Å². The van der Waals surface area contributed by atoms with Gasteiger partial charge in [-0.3, -0.25) is 9.59 Å². The number of nitrogens with zero attached hydrogens (tertiary/aromatic N) is 1. The number of methoxy groups -OCH3 is 2. The summed E-state index contributed by atoms with van der Waals surface area (Å²) in [5, 5.41) is 33.9. The summed E-state index contributed by atoms with van der Waals surface area (Å²) < 4.78 is 16.8. The van der Waals surface area contributed by atoms with Crippen LogP contribution in [0.4, 0.5) is 0 Å². The van der Waals surface area contributed by atoms with Crippen LogP contribution in [0.15, 0.2) is 48.0 Å². The molecule has 1 heterocycles. The van der Waals surface area contributed by atoms with E-state index in [0.717, 1.165) is 5.56 Å². The topological polar surface area (TPSA) is 138 Å². The number of aliphatic hydroxyl groups is 3. The molecule has 4 N–H and O–H groups in total. The van der Waals surface area contributed by atoms with Crippen LogP contribution in [-0.4, -0.2) is 84.3 Å². The summed E-state index contributed by atoms with van der Waals surface area (Å²) in [6, 6.07) is 9.35. The van der Waals surface area contributed by atoms with Crippen LogP contribution in [0.1, 0.15) is 22.6 Å². The molecule has 4 unspecified atom stereocenters. The molecule has 0 aromatic heterocycles. The second-order valence-electron chi connectivity index (χ2n) is 9.10. The van der Waals surface area contributed by atoms with Crippen LogP contribution in [0.25, 0.3) is 0 Å². The quantitative estimate of drug-likeness (QED) is 0.348. The van der Waals surface area contributed by atoms with Gasteiger partial charge in [0.05, 0.1) is 32.3 Å². The highest BCUT2D eigenvalue weighted by Crippen LogP contribution is 2.51. The van der Waals surface area contributed by atoms with Crippen molar-refractivity contribution < 1.29 is 39.1 Å². The second kappa shape index (κ2) is 12.1. The highest BCUT2D eigenvalue weighted by Gasteiger charge is 2.51. The standard InChI is InChI=1S/C27H31ClN2O8/c1-36-14-22(33)30(12-15-3-5-17(28)6-4-15)20-11-19(27(35)29-7-8-31)23-18-9-16(13-32)10-21(37-2)25(18)38-26(23)24(20)34/h3-6,9-11,20,23-24,26,31-32,34H,7-8,12-14H2,1-2H3,(H,29,35). The molecule has 1 aliphatic heterocycles. The average molecular weight is 547 g/mol. The van der Waals surface area contributed by atoms with Crippen LogP contribution in [0.3, 0.4) is 0 Å². The molecule has 2 aliphatic rings. The lowest BCUT2D eigenvalue weighted by Gasteiger charge is -2.40. The number of ether oxygens (including phenoxy) is 3. The molecular weight excluding hydrogens is 516 g/mol. The molecule has 4 rings (SSSR count). The van der Waals surface area contributed by atoms with Crippen molar-refractivity contribution in [1.29, 1.82) is 0 Å². The first-order valence-corrected chi connectivity index (χ1v) is 12.5. The van der Waals surface area contributed by atoms with Crippen molar-refractivity contribution in [3.05, 3.63) is 69.8 Å². The van der Waals surface area contributed by atoms with Crippen LogP contribution in [0.5, 0.6) is 11.5 Å². The molecule has 10 nitrogen and oxygen atoms in total. The van der Waals surface area contributed by atoms with Crippen LogP contribution in [-0.2, 0) is 27.5 Å². The van der Waals surface area contributed by atoms with E-state index in [1.807, 2.05) is 0 Å². The molecule has 4 atom stereocenters. The van der Waals surface area contributed by atoms with Gasteiger partial charge in [-0.05, 0) is 41.5 Å². The molecule has 0 radical (unpaired) electrons. The average Bonchev–Trinajstić information content (AvgIpc) is 3.31. The van der Waals surface area contributed by atoms with Crippen LogP contribution in [0, 0.1) is 0 Å². The molecule has 38 heavy (non-hydrogen) atoms. The normalized spacial score (nSPS) is 21.6. The van der Waals surface area contributed by atoms with Crippen molar-refractivity contribution in [3.8, 4) is 11.5 Å². The zero-order valence-corrected chi connectivity index (χ0v) is 21.9. The van der Waals surface area contributed by atoms with Gasteiger partial charge in [-0.1, -0.05) is 23.7 Å². The van der Waals surface area contributed by atoms with Crippen molar-refractivity contribution in [3.63, 3.8) is 0 Å². The molecule has 11 heteroatoms. The SMILES string of the molecule is COCC(=O)N(Cc1ccc(Cl)cc1)C1C=C(C(=O)NCCO)C2c3cc(CO)cc(OC)c3OC2C1O. The Balaban J connectivity index is 1.81. The number of hydrogen-bond donors (Lipinski definition) is 4. The Labute approximate surface area is 225 Å². The van der Waals surface area contributed by atoms with E-state index in [1.54, 1.807) is 42.5 Å². The third-order valence-electron chi connectivity index (χ3n) is 6.71. The number of carbonyl (C=O) groups is 2. The van der Waals surface area contributed by atoms with Gasteiger partial charge in [-0.15, -0.1) is 0 Å². The summed E-state index contributed by atoms with van der Waals surface area (Å²) in [4.78, 5) is 28.0. The fourth-order valence-corrected chi connectivity index (χ4v) is 5.10. The fourth-order valence-electron chi connectivity index (χ4n) is 4.97. The lowest BCUT2D eigenvalue weighted by molar-refractivity contribution is -0.141. The Kier molecular flexibility index (Phi) is 8.91. The smallest absolute Gasteiger partial charge is 0.249 e. The molecule has 0 saturated carbocycles. The zero-order valence-electron chi connectivity index (χ0n) is 21.1. The maximum absolute atomic E-state index is 13.3. The minimum Gasteiger partial charge on any atom is -0.493 e. The summed E-state index contributed by atoms with van der Waals surface area (Å²) in [6.07, 6.45) is -0.587. The van der Waals surface area contributed by atoms with Gasteiger partial charge in [0.2, 0.25) is 11.8 Å². The molecule has 2 aromatic rings. The Hall–Kier alpha value is -3.15. The van der Waals surface area contributed by atoms with E-state index in [2.05, 4.69) is 5.32 Å². The number of nitrogens with one attached hydrogen (secondary N) is 1. The van der Waals surface area contributed by atoms with Gasteiger partial charge in [0.1, 0.15) is 18.8 Å². The summed E-state index contributed by atoms with van der Waals surface area (Å²) in [7, 11) is 2.86. The molecule has 2 aromatic carbocycles. The predicted molar refractivity (Wildman–Crippen MR) is 138 cm³/mol. The molecule has 0 bridgehead atoms. The molecule has 0 fully saturated rings. The number of benzene rings is 2. The van der Waals surface area contributed by atoms with Gasteiger partial charge in [0, 0.05) is 36.4 Å². The fraction of sp³-hybridized carbons (Fsp3) is 0.407. The van der Waals surface area contributed by atoms with Crippen molar-refractivity contribution in [2.45, 2.75) is 37.3 Å². The van der Waals surface area contributed by atoms with E-state index >= 15 is 0 Å². The molecule has 204 valence electrons. The Bertz CT molecular complexity index is 1200. The van der Waals surface area contributed by atoms with Crippen LogP contribution < -0.4 is 14.8 Å². The third kappa shape index (κ3) is 5.50. The van der Waals surface area contributed by atoms with Crippen LogP contribution in [0.2, 0.25) is 5.02 Å². The lowest BCUT2D eigenvalue weighted by atomic mass is 9.77. The third-order valence-corrected chi connectivity index (χ3v) is 6.96. The summed E-state index contributed by atoms with van der Waals surface area (Å²) in [5.41, 5.74) is 2.16. The van der Waals surface area contributed by atoms with Crippen molar-refractivity contribution in [2.24, 2.45) is 0 Å². The molecule has 2 amide bonds. The first-order chi connectivity index (χ1) is 18.3. The van der Waals surface area contributed by atoms with Gasteiger partial charge in [-0.2, -0.15) is 0 Å². The number of hydrogen-bond acceptors (Lipinski definition) is 8. The molecular formula is C27H31ClN2O8. The summed E-state index contributed by atoms with van der Waals surface area (Å²) >= 11 is 6.02. The highest BCUT2D eigenvalue weighted by atomic mass is 35.5. The minimum absolute atomic E-state index is 0.0194. The monoisotopic (exact) mass is 546 g/mol. The number of rotatable bonds is 10. The Morgan fingerprint density at radius 3 is 2.50 bits per heavy atom. The van der Waals surface area contributed by atoms with E-state index in [1.165, 1.54) is 19.1 Å². The van der Waals surface area contributed by atoms with Crippen LogP contribution >= 0.6 is 11.6 Å². The second-order valence-corrected chi connectivity index (χ2v) is 9.53. The Morgan fingerprint density at radius 1 is 1.13 bits per heavy atom. The first kappa shape index (κ1) is 27.9. The zero-order chi connectivity index (χ0) is 27.4. The number of halogens is 1. The maximum Gasteiger partial charge on any atom is 0.249 e. The molecule has 0 saturated heterocycles. The molecule has 0 spiro atoms. The van der Waals surface area contributed by atoms with Gasteiger partial charge in [-0.25, -0.2) is 0 Å². The summed E-state index contributed by atoms with van der Waals surface area (Å²) in [5.74, 6) is -0.861.